The first-order valence-corrected chi connectivity index (χ1v) is 45.8. The van der Waals surface area contributed by atoms with Gasteiger partial charge in [-0.05, 0) is 177 Å². The van der Waals surface area contributed by atoms with Crippen molar-refractivity contribution in [2.45, 2.75) is 266 Å². The number of carboxylic acids is 2. The second kappa shape index (κ2) is 61.3. The Hall–Kier alpha value is -14.8. The van der Waals surface area contributed by atoms with Crippen LogP contribution in [-0.4, -0.2) is 296 Å². The van der Waals surface area contributed by atoms with Crippen LogP contribution in [0.5, 0.6) is 11.5 Å². The maximum absolute atomic E-state index is 15.1. The molecule has 1 fully saturated rings. The molecule has 15 amide bonds. The number of rotatable bonds is 65. The number of imidazole rings is 1. The standard InChI is InChI=1S/C86H140N32O21/c1-45(2)38-60(76(132)109-57(19-12-36-103-86(97)98)75(131)115-62(40-49-23-27-52(120)28-24-49)78(134)117-64(41-50-43-99-44-104-50)81(137)118-37-13-20-65(118)80(136)116-63(42-67(122)123)79(135)112-59(82(138)139)15-6-8-32-88)113-68(124)46(3)106-72(128)58(29-30-66(90)121)111-74(130)55(17-10-34-101-84(93)94)108-73(129)56(18-11-35-102-85(95)96)110-77(133)61(39-48-21-25-51(119)26-22-48)114-69(125)47(4)105-71(127)54(16-9-33-100-83(91)92)107-70(126)53(89)14-5-7-31-87/h21-28,43-47,53-65,119-120H,5-20,29-42,87-89H2,1-4H3,(H2,90,121)(H,99,104)(H,105,127)(H,106,128)(H,107,126)(H,108,129)(H,109,132)(H,110,133)(H,111,130)(H,112,135)(H,113,124)(H,114,125)(H,115,131)(H,116,136)(H,117,134)(H,122,123)(H,138,139)(H4,91,92,100)(H4,93,94,101)(H4,95,96,102)(H4,97,98,103)/t46-,47-,53-,54-,55-,56-,57-,58-,59-,60-,61-,62-,63-,64-,65-/m0/s1. The van der Waals surface area contributed by atoms with Gasteiger partial charge < -0.3 is 167 Å². The zero-order valence-corrected chi connectivity index (χ0v) is 78.5. The number of carbonyl (C=O) groups is 17. The maximum atomic E-state index is 15.1. The minimum absolute atomic E-state index is 0.00870. The van der Waals surface area contributed by atoms with E-state index in [4.69, 9.17) is 67.5 Å². The molecule has 0 saturated carbocycles. The highest BCUT2D eigenvalue weighted by Gasteiger charge is 2.43. The third kappa shape index (κ3) is 44.7. The van der Waals surface area contributed by atoms with Gasteiger partial charge in [0.2, 0.25) is 88.6 Å². The van der Waals surface area contributed by atoms with Crippen LogP contribution in [0.2, 0.25) is 0 Å². The Morgan fingerprint density at radius 3 is 1.16 bits per heavy atom. The van der Waals surface area contributed by atoms with Gasteiger partial charge in [-0.15, -0.1) is 0 Å². The summed E-state index contributed by atoms with van der Waals surface area (Å²) >= 11 is 0. The van der Waals surface area contributed by atoms with Gasteiger partial charge in [-0.3, -0.25) is 98.3 Å². The monoisotopic (exact) mass is 1960 g/mol. The van der Waals surface area contributed by atoms with Gasteiger partial charge in [0.25, 0.3) is 0 Å². The first-order valence-electron chi connectivity index (χ1n) is 45.8. The van der Waals surface area contributed by atoms with Crippen molar-refractivity contribution >= 4 is 124 Å². The summed E-state index contributed by atoms with van der Waals surface area (Å²) < 4.78 is 0. The molecule has 1 saturated heterocycles. The van der Waals surface area contributed by atoms with Crippen molar-refractivity contribution in [2.75, 3.05) is 45.8 Å². The van der Waals surface area contributed by atoms with Crippen LogP contribution >= 0.6 is 0 Å². The van der Waals surface area contributed by atoms with E-state index in [9.17, 15) is 87.5 Å². The van der Waals surface area contributed by atoms with Crippen molar-refractivity contribution in [3.8, 4) is 11.5 Å². The Kier molecular flexibility index (Phi) is 51.4. The van der Waals surface area contributed by atoms with Crippen molar-refractivity contribution < 1.29 is 102 Å². The van der Waals surface area contributed by atoms with Crippen LogP contribution in [0, 0.1) is 27.6 Å². The van der Waals surface area contributed by atoms with E-state index in [2.05, 4.69) is 100 Å². The summed E-state index contributed by atoms with van der Waals surface area (Å²) in [7, 11) is 0. The van der Waals surface area contributed by atoms with Gasteiger partial charge in [0.1, 0.15) is 96.1 Å². The van der Waals surface area contributed by atoms with E-state index >= 15 is 14.4 Å². The number of guanidine groups is 4. The molecule has 53 heteroatoms. The molecular formula is C86H140N32O21. The Bertz CT molecular complexity index is 4630. The van der Waals surface area contributed by atoms with E-state index in [1.807, 2.05) is 0 Å². The number of amides is 15. The summed E-state index contributed by atoms with van der Waals surface area (Å²) in [6, 6.07) is -12.2. The molecule has 1 aliphatic heterocycles. The van der Waals surface area contributed by atoms with Gasteiger partial charge in [0, 0.05) is 70.3 Å². The Labute approximate surface area is 802 Å². The molecule has 0 aliphatic carbocycles. The molecule has 1 aromatic heterocycles. The summed E-state index contributed by atoms with van der Waals surface area (Å²) in [6.45, 7) is 6.25. The summed E-state index contributed by atoms with van der Waals surface area (Å²) in [4.78, 5) is 248. The number of aromatic nitrogens is 2. The quantitative estimate of drug-likeness (QED) is 0.0142. The lowest BCUT2D eigenvalue weighted by atomic mass is 10.0. The Balaban J connectivity index is 1.67. The van der Waals surface area contributed by atoms with Crippen LogP contribution in [0.25, 0.3) is 0 Å². The number of nitrogens with two attached hydrogens (primary N) is 8. The average Bonchev–Trinajstić information content (AvgIpc) is 1.72. The molecule has 53 nitrogen and oxygen atoms in total. The van der Waals surface area contributed by atoms with Crippen molar-refractivity contribution in [1.82, 2.24) is 105 Å². The third-order valence-electron chi connectivity index (χ3n) is 22.0. The number of phenolic OH excluding ortho intramolecular Hbond substituents is 2. The lowest BCUT2D eigenvalue weighted by Gasteiger charge is -2.31. The molecule has 770 valence electrons. The topological polar surface area (TPSA) is 911 Å². The number of H-pyrrole nitrogens is 1. The normalized spacial score (nSPS) is 15.1. The Morgan fingerprint density at radius 1 is 0.417 bits per heavy atom. The Morgan fingerprint density at radius 2 is 0.770 bits per heavy atom. The predicted octanol–water partition coefficient (Wildman–Crippen LogP) is -8.31. The van der Waals surface area contributed by atoms with Crippen molar-refractivity contribution in [3.63, 3.8) is 0 Å². The van der Waals surface area contributed by atoms with E-state index in [1.54, 1.807) is 13.8 Å². The van der Waals surface area contributed by atoms with E-state index in [1.165, 1.54) is 74.9 Å². The first-order chi connectivity index (χ1) is 65.8. The highest BCUT2D eigenvalue weighted by Crippen LogP contribution is 2.23. The highest BCUT2D eigenvalue weighted by molar-refractivity contribution is 6.01. The second-order valence-electron chi connectivity index (χ2n) is 34.0. The van der Waals surface area contributed by atoms with Crippen LogP contribution in [0.4, 0.5) is 0 Å². The number of nitrogens with zero attached hydrogens (tertiary/aromatic N) is 2. The van der Waals surface area contributed by atoms with Gasteiger partial charge in [0.05, 0.1) is 18.8 Å². The van der Waals surface area contributed by atoms with Gasteiger partial charge in [0.15, 0.2) is 23.8 Å². The number of benzene rings is 2. The SMILES string of the molecule is CC(C)C[C@H](NC(=O)[C@H](C)NC(=O)[C@H](CCC(N)=O)NC(=O)[C@H](CCCNC(=N)N)NC(=O)[C@H](CCCNC(=N)N)NC(=O)[C@H](Cc1ccc(O)cc1)NC(=O)[C@H](C)NC(=O)[C@H](CCCNC(=N)N)NC(=O)[C@@H](N)CCCCN)C(=O)N[C@@H](CCCNC(=N)N)C(=O)N[C@@H](Cc1ccc(O)cc1)C(=O)N[C@@H](Cc1cnc[nH]1)C(=O)N1CCC[C@H]1C(=O)N[C@@H](CC(=O)O)C(=O)N[C@@H](CCCCN)C(=O)O. The molecule has 0 spiro atoms. The fourth-order valence-electron chi connectivity index (χ4n) is 14.5. The highest BCUT2D eigenvalue weighted by atomic mass is 16.4. The number of aromatic amines is 1. The summed E-state index contributed by atoms with van der Waals surface area (Å²) in [6.07, 6.45) is 0.695. The molecule has 139 heavy (non-hydrogen) atoms. The first kappa shape index (κ1) is 117. The van der Waals surface area contributed by atoms with Gasteiger partial charge in [-0.2, -0.15) is 0 Å². The number of nitrogens with one attached hydrogen (secondary N) is 22. The molecule has 0 unspecified atom stereocenters. The van der Waals surface area contributed by atoms with Gasteiger partial charge in [-0.25, -0.2) is 9.78 Å². The molecule has 42 N–H and O–H groups in total. The average molecular weight is 1960 g/mol. The van der Waals surface area contributed by atoms with Crippen LogP contribution in [0.15, 0.2) is 61.1 Å². The number of phenols is 2. The minimum Gasteiger partial charge on any atom is -0.508 e. The third-order valence-corrected chi connectivity index (χ3v) is 22.0. The van der Waals surface area contributed by atoms with Crippen LogP contribution in [-0.2, 0) is 101 Å². The molecule has 1 aliphatic rings. The number of aliphatic carboxylic acids is 2. The number of unbranched alkanes of at least 4 members (excludes halogenated alkanes) is 2. The fraction of sp³-hybridized carbons (Fsp3) is 0.581. The van der Waals surface area contributed by atoms with Crippen molar-refractivity contribution in [3.05, 3.63) is 77.9 Å². The predicted molar refractivity (Wildman–Crippen MR) is 505 cm³/mol. The molecular weight excluding hydrogens is 1820 g/mol. The minimum atomic E-state index is -1.83. The van der Waals surface area contributed by atoms with E-state index in [-0.39, 0.29) is 172 Å². The molecule has 15 atom stereocenters. The van der Waals surface area contributed by atoms with Crippen LogP contribution in [0.1, 0.15) is 173 Å². The molecule has 2 heterocycles. The van der Waals surface area contributed by atoms with Crippen LogP contribution < -0.4 is 136 Å². The number of hydrogen-bond donors (Lipinski definition) is 34. The number of carboxylic acid groups (broad SMARTS) is 2. The summed E-state index contributed by atoms with van der Waals surface area (Å²) in [5.41, 5.74) is 46.1. The molecule has 4 rings (SSSR count). The number of hydrogen-bond acceptors (Lipinski definition) is 27. The van der Waals surface area contributed by atoms with Gasteiger partial charge in [-0.1, -0.05) is 44.5 Å². The maximum Gasteiger partial charge on any atom is 0.326 e. The number of primary amides is 1. The van der Waals surface area contributed by atoms with Crippen LogP contribution in [0.3, 0.4) is 0 Å². The fourth-order valence-corrected chi connectivity index (χ4v) is 14.5. The number of aromatic hydroxyl groups is 2. The second-order valence-corrected chi connectivity index (χ2v) is 34.0. The molecule has 0 bridgehead atoms. The smallest absolute Gasteiger partial charge is 0.326 e. The molecule has 3 aromatic rings. The number of likely N-dealkylation sites (tertiary alicyclic amines) is 1. The zero-order valence-electron chi connectivity index (χ0n) is 78.5. The molecule has 2 aromatic carbocycles. The summed E-state index contributed by atoms with van der Waals surface area (Å²) in [5, 5.41) is 114. The zero-order chi connectivity index (χ0) is 104. The number of carbonyl (C=O) groups excluding carboxylic acids is 15. The van der Waals surface area contributed by atoms with Gasteiger partial charge >= 0.3 is 11.9 Å². The lowest BCUT2D eigenvalue weighted by Crippen LogP contribution is -2.61. The van der Waals surface area contributed by atoms with E-state index in [0.717, 1.165) is 4.90 Å². The van der Waals surface area contributed by atoms with Crippen molar-refractivity contribution in [1.29, 1.82) is 21.6 Å². The van der Waals surface area contributed by atoms with E-state index < -0.39 is 234 Å². The van der Waals surface area contributed by atoms with Crippen molar-refractivity contribution in [2.24, 2.45) is 51.8 Å². The van der Waals surface area contributed by atoms with E-state index in [0.29, 0.717) is 36.9 Å². The summed E-state index contributed by atoms with van der Waals surface area (Å²) in [5.74, 6) is -20.3. The lowest BCUT2D eigenvalue weighted by molar-refractivity contribution is -0.145. The largest absolute Gasteiger partial charge is 0.508 e. The molecule has 0 radical (unpaired) electrons.